The van der Waals surface area contributed by atoms with Gasteiger partial charge in [0.15, 0.2) is 0 Å². The predicted molar refractivity (Wildman–Crippen MR) is 80.3 cm³/mol. The lowest BCUT2D eigenvalue weighted by Gasteiger charge is -2.12. The molecular formula is C18H18O3. The van der Waals surface area contributed by atoms with E-state index in [1.807, 2.05) is 54.6 Å². The zero-order valence-corrected chi connectivity index (χ0v) is 11.7. The van der Waals surface area contributed by atoms with Crippen molar-refractivity contribution in [1.29, 1.82) is 0 Å². The Labute approximate surface area is 124 Å². The van der Waals surface area contributed by atoms with Gasteiger partial charge in [0.05, 0.1) is 5.92 Å². The van der Waals surface area contributed by atoms with Crippen LogP contribution in [0.3, 0.4) is 0 Å². The van der Waals surface area contributed by atoms with Crippen LogP contribution >= 0.6 is 0 Å². The van der Waals surface area contributed by atoms with E-state index in [1.165, 1.54) is 0 Å². The molecule has 21 heavy (non-hydrogen) atoms. The summed E-state index contributed by atoms with van der Waals surface area (Å²) in [7, 11) is 0. The third-order valence-corrected chi connectivity index (χ3v) is 3.85. The Balaban J connectivity index is 1.65. The molecule has 0 saturated heterocycles. The number of rotatable bonds is 6. The summed E-state index contributed by atoms with van der Waals surface area (Å²) in [6.07, 6.45) is 2.03. The van der Waals surface area contributed by atoms with Crippen LogP contribution in [0.4, 0.5) is 0 Å². The Morgan fingerprint density at radius 3 is 2.33 bits per heavy atom. The molecule has 0 spiro atoms. The molecule has 108 valence electrons. The van der Waals surface area contributed by atoms with E-state index in [2.05, 4.69) is 0 Å². The highest BCUT2D eigenvalue weighted by Crippen LogP contribution is 2.43. The molecule has 0 heterocycles. The number of hydrogen-bond acceptors (Lipinski definition) is 2. The van der Waals surface area contributed by atoms with E-state index in [0.717, 1.165) is 29.7 Å². The lowest BCUT2D eigenvalue weighted by atomic mass is 9.94. The van der Waals surface area contributed by atoms with E-state index < -0.39 is 5.97 Å². The largest absolute Gasteiger partial charge is 0.489 e. The topological polar surface area (TPSA) is 46.5 Å². The number of benzene rings is 2. The number of carboxylic acids is 1. The highest BCUT2D eigenvalue weighted by atomic mass is 16.5. The van der Waals surface area contributed by atoms with Crippen molar-refractivity contribution in [3.63, 3.8) is 0 Å². The molecule has 1 fully saturated rings. The number of hydrogen-bond donors (Lipinski definition) is 1. The van der Waals surface area contributed by atoms with Gasteiger partial charge in [-0.2, -0.15) is 0 Å². The van der Waals surface area contributed by atoms with E-state index in [9.17, 15) is 9.90 Å². The van der Waals surface area contributed by atoms with Crippen LogP contribution in [0.25, 0.3) is 0 Å². The van der Waals surface area contributed by atoms with Gasteiger partial charge in [-0.05, 0) is 42.0 Å². The number of carbonyl (C=O) groups is 1. The molecule has 1 N–H and O–H groups in total. The van der Waals surface area contributed by atoms with Crippen molar-refractivity contribution in [1.82, 2.24) is 0 Å². The monoisotopic (exact) mass is 282 g/mol. The molecule has 1 atom stereocenters. The molecule has 1 aliphatic carbocycles. The molecule has 0 radical (unpaired) electrons. The summed E-state index contributed by atoms with van der Waals surface area (Å²) in [5.74, 6) is -0.0234. The molecule has 0 amide bonds. The summed E-state index contributed by atoms with van der Waals surface area (Å²) in [4.78, 5) is 11.3. The first-order chi connectivity index (χ1) is 10.2. The summed E-state index contributed by atoms with van der Waals surface area (Å²) in [5.41, 5.74) is 1.99. The zero-order chi connectivity index (χ0) is 14.7. The molecule has 2 aromatic rings. The van der Waals surface area contributed by atoms with Gasteiger partial charge in [-0.25, -0.2) is 0 Å². The second kappa shape index (κ2) is 6.00. The normalized spacial score (nSPS) is 15.4. The standard InChI is InChI=1S/C18H18O3/c19-18(20)17(14-6-7-14)15-8-10-16(11-9-15)21-12-13-4-2-1-3-5-13/h1-5,8-11,14,17H,6-7,12H2,(H,19,20). The molecule has 1 saturated carbocycles. The maximum Gasteiger partial charge on any atom is 0.311 e. The molecule has 3 nitrogen and oxygen atoms in total. The maximum atomic E-state index is 11.3. The van der Waals surface area contributed by atoms with Crippen LogP contribution in [-0.2, 0) is 11.4 Å². The summed E-state index contributed by atoms with van der Waals surface area (Å²) in [6, 6.07) is 17.4. The van der Waals surface area contributed by atoms with Gasteiger partial charge in [-0.1, -0.05) is 42.5 Å². The summed E-state index contributed by atoms with van der Waals surface area (Å²) >= 11 is 0. The van der Waals surface area contributed by atoms with E-state index in [-0.39, 0.29) is 5.92 Å². The Morgan fingerprint density at radius 2 is 1.76 bits per heavy atom. The van der Waals surface area contributed by atoms with Gasteiger partial charge in [-0.15, -0.1) is 0 Å². The van der Waals surface area contributed by atoms with Crippen molar-refractivity contribution in [2.45, 2.75) is 25.4 Å². The Kier molecular flexibility index (Phi) is 3.91. The van der Waals surface area contributed by atoms with E-state index in [0.29, 0.717) is 12.5 Å². The lowest BCUT2D eigenvalue weighted by molar-refractivity contribution is -0.139. The maximum absolute atomic E-state index is 11.3. The predicted octanol–water partition coefficient (Wildman–Crippen LogP) is 3.84. The lowest BCUT2D eigenvalue weighted by Crippen LogP contribution is -2.13. The van der Waals surface area contributed by atoms with Gasteiger partial charge < -0.3 is 9.84 Å². The minimum Gasteiger partial charge on any atom is -0.489 e. The molecule has 0 aliphatic heterocycles. The Bertz CT molecular complexity index is 600. The van der Waals surface area contributed by atoms with Gasteiger partial charge in [0, 0.05) is 0 Å². The Morgan fingerprint density at radius 1 is 1.10 bits per heavy atom. The molecule has 1 aliphatic rings. The Hall–Kier alpha value is -2.29. The highest BCUT2D eigenvalue weighted by Gasteiger charge is 2.37. The van der Waals surface area contributed by atoms with Crippen molar-refractivity contribution < 1.29 is 14.6 Å². The van der Waals surface area contributed by atoms with Gasteiger partial charge in [-0.3, -0.25) is 4.79 Å². The third-order valence-electron chi connectivity index (χ3n) is 3.85. The van der Waals surface area contributed by atoms with Crippen LogP contribution in [0.15, 0.2) is 54.6 Å². The third kappa shape index (κ3) is 3.43. The summed E-state index contributed by atoms with van der Waals surface area (Å²) in [5, 5.41) is 9.33. The first-order valence-electron chi connectivity index (χ1n) is 7.23. The van der Waals surface area contributed by atoms with E-state index >= 15 is 0 Å². The van der Waals surface area contributed by atoms with Crippen molar-refractivity contribution in [2.24, 2.45) is 5.92 Å². The van der Waals surface area contributed by atoms with Gasteiger partial charge in [0.2, 0.25) is 0 Å². The smallest absolute Gasteiger partial charge is 0.311 e. The highest BCUT2D eigenvalue weighted by molar-refractivity contribution is 5.77. The fourth-order valence-electron chi connectivity index (χ4n) is 2.56. The second-order valence-corrected chi connectivity index (χ2v) is 5.50. The summed E-state index contributed by atoms with van der Waals surface area (Å²) < 4.78 is 5.72. The van der Waals surface area contributed by atoms with Crippen molar-refractivity contribution in [3.8, 4) is 5.75 Å². The van der Waals surface area contributed by atoms with Gasteiger partial charge in [0.1, 0.15) is 12.4 Å². The molecule has 0 bridgehead atoms. The fraction of sp³-hybridized carbons (Fsp3) is 0.278. The zero-order valence-electron chi connectivity index (χ0n) is 11.7. The summed E-state index contributed by atoms with van der Waals surface area (Å²) in [6.45, 7) is 0.519. The van der Waals surface area contributed by atoms with Crippen LogP contribution in [-0.4, -0.2) is 11.1 Å². The quantitative estimate of drug-likeness (QED) is 0.875. The molecule has 3 heteroatoms. The van der Waals surface area contributed by atoms with Gasteiger partial charge in [0.25, 0.3) is 0 Å². The molecule has 2 aromatic carbocycles. The fourth-order valence-corrected chi connectivity index (χ4v) is 2.56. The molecular weight excluding hydrogens is 264 g/mol. The first kappa shape index (κ1) is 13.7. The molecule has 0 aromatic heterocycles. The van der Waals surface area contributed by atoms with E-state index in [1.54, 1.807) is 0 Å². The van der Waals surface area contributed by atoms with Crippen LogP contribution < -0.4 is 4.74 Å². The van der Waals surface area contributed by atoms with Crippen molar-refractivity contribution in [2.75, 3.05) is 0 Å². The van der Waals surface area contributed by atoms with Crippen LogP contribution in [0, 0.1) is 5.92 Å². The second-order valence-electron chi connectivity index (χ2n) is 5.50. The minimum absolute atomic E-state index is 0.304. The minimum atomic E-state index is -0.726. The molecule has 1 unspecified atom stereocenters. The van der Waals surface area contributed by atoms with Crippen LogP contribution in [0.5, 0.6) is 5.75 Å². The number of ether oxygens (including phenoxy) is 1. The SMILES string of the molecule is O=C(O)C(c1ccc(OCc2ccccc2)cc1)C1CC1. The van der Waals surface area contributed by atoms with Crippen LogP contribution in [0.2, 0.25) is 0 Å². The van der Waals surface area contributed by atoms with Crippen molar-refractivity contribution >= 4 is 5.97 Å². The number of carboxylic acid groups (broad SMARTS) is 1. The van der Waals surface area contributed by atoms with Crippen molar-refractivity contribution in [3.05, 3.63) is 65.7 Å². The van der Waals surface area contributed by atoms with E-state index in [4.69, 9.17) is 4.74 Å². The first-order valence-corrected chi connectivity index (χ1v) is 7.23. The number of aliphatic carboxylic acids is 1. The molecule has 3 rings (SSSR count). The average molecular weight is 282 g/mol. The average Bonchev–Trinajstić information content (AvgIpc) is 3.32. The van der Waals surface area contributed by atoms with Crippen LogP contribution in [0.1, 0.15) is 29.9 Å². The van der Waals surface area contributed by atoms with Gasteiger partial charge >= 0.3 is 5.97 Å².